The molecule has 0 aliphatic heterocycles. The van der Waals surface area contributed by atoms with E-state index in [4.69, 9.17) is 5.26 Å². The first kappa shape index (κ1) is 8.46. The summed E-state index contributed by atoms with van der Waals surface area (Å²) >= 11 is 3.29. The highest BCUT2D eigenvalue weighted by atomic mass is 79.9. The number of ketones is 1. The lowest BCUT2D eigenvalue weighted by Gasteiger charge is -1.97. The Morgan fingerprint density at radius 1 is 1.54 bits per heavy atom. The highest BCUT2D eigenvalue weighted by Gasteiger charge is 2.29. The topological polar surface area (TPSA) is 40.9 Å². The number of nitrogens with zero attached hydrogens (tertiary/aromatic N) is 1. The van der Waals surface area contributed by atoms with E-state index in [0.717, 1.165) is 5.56 Å². The van der Waals surface area contributed by atoms with Crippen LogP contribution >= 0.6 is 15.9 Å². The van der Waals surface area contributed by atoms with E-state index in [1.165, 1.54) is 0 Å². The third-order valence-electron chi connectivity index (χ3n) is 2.23. The van der Waals surface area contributed by atoms with Crippen LogP contribution in [0.15, 0.2) is 18.2 Å². The molecule has 64 valence electrons. The minimum Gasteiger partial charge on any atom is -0.293 e. The van der Waals surface area contributed by atoms with Gasteiger partial charge in [0.05, 0.1) is 16.5 Å². The van der Waals surface area contributed by atoms with Gasteiger partial charge < -0.3 is 0 Å². The van der Waals surface area contributed by atoms with Crippen molar-refractivity contribution < 1.29 is 4.79 Å². The van der Waals surface area contributed by atoms with Gasteiger partial charge in [0.15, 0.2) is 5.78 Å². The predicted octanol–water partition coefficient (Wildman–Crippen LogP) is 2.06. The quantitative estimate of drug-likeness (QED) is 0.647. The molecule has 0 bridgehead atoms. The normalized spacial score (nSPS) is 19.7. The molecule has 0 saturated heterocycles. The summed E-state index contributed by atoms with van der Waals surface area (Å²) in [4.78, 5) is 11.4. The zero-order valence-corrected chi connectivity index (χ0v) is 8.34. The number of carbonyl (C=O) groups is 1. The summed E-state index contributed by atoms with van der Waals surface area (Å²) in [6, 6.07) is 7.37. The molecule has 1 unspecified atom stereocenters. The van der Waals surface area contributed by atoms with Gasteiger partial charge in [-0.15, -0.1) is 0 Å². The monoisotopic (exact) mass is 235 g/mol. The van der Waals surface area contributed by atoms with Crippen LogP contribution < -0.4 is 0 Å². The number of hydrogen-bond acceptors (Lipinski definition) is 2. The molecule has 0 radical (unpaired) electrons. The van der Waals surface area contributed by atoms with Gasteiger partial charge in [-0.05, 0) is 18.1 Å². The predicted molar refractivity (Wildman–Crippen MR) is 51.9 cm³/mol. The fourth-order valence-corrected chi connectivity index (χ4v) is 2.15. The Balaban J connectivity index is 2.64. The second kappa shape index (κ2) is 2.97. The van der Waals surface area contributed by atoms with Crippen LogP contribution in [-0.4, -0.2) is 10.6 Å². The molecule has 1 aliphatic carbocycles. The van der Waals surface area contributed by atoms with Gasteiger partial charge in [0, 0.05) is 5.56 Å². The average Bonchev–Trinajstić information content (AvgIpc) is 2.43. The number of carbonyl (C=O) groups excluding carboxylic acids is 1. The summed E-state index contributed by atoms with van der Waals surface area (Å²) in [7, 11) is 0. The molecule has 0 fully saturated rings. The Bertz CT molecular complexity index is 419. The summed E-state index contributed by atoms with van der Waals surface area (Å²) in [6.45, 7) is 0. The Labute approximate surface area is 84.3 Å². The SMILES string of the molecule is N#Cc1cccc2c1CC(Br)C2=O. The molecular weight excluding hydrogens is 230 g/mol. The molecule has 0 amide bonds. The molecule has 0 saturated carbocycles. The van der Waals surface area contributed by atoms with Crippen molar-refractivity contribution in [1.29, 1.82) is 5.26 Å². The van der Waals surface area contributed by atoms with E-state index in [2.05, 4.69) is 22.0 Å². The van der Waals surface area contributed by atoms with Gasteiger partial charge in [0.1, 0.15) is 0 Å². The number of hydrogen-bond donors (Lipinski definition) is 0. The maximum absolute atomic E-state index is 11.5. The third-order valence-corrected chi connectivity index (χ3v) is 2.97. The fraction of sp³-hybridized carbons (Fsp3) is 0.200. The lowest BCUT2D eigenvalue weighted by atomic mass is 10.0. The maximum atomic E-state index is 11.5. The molecule has 0 heterocycles. The van der Waals surface area contributed by atoms with Gasteiger partial charge in [-0.2, -0.15) is 5.26 Å². The fourth-order valence-electron chi connectivity index (χ4n) is 1.58. The molecule has 0 aromatic heterocycles. The molecule has 1 aromatic carbocycles. The van der Waals surface area contributed by atoms with Gasteiger partial charge in [-0.1, -0.05) is 28.1 Å². The number of alkyl halides is 1. The van der Waals surface area contributed by atoms with Crippen molar-refractivity contribution in [2.75, 3.05) is 0 Å². The van der Waals surface area contributed by atoms with Crippen LogP contribution in [0.2, 0.25) is 0 Å². The molecule has 1 aromatic rings. The van der Waals surface area contributed by atoms with Crippen LogP contribution in [0.3, 0.4) is 0 Å². The second-order valence-electron chi connectivity index (χ2n) is 2.98. The van der Waals surface area contributed by atoms with E-state index >= 15 is 0 Å². The van der Waals surface area contributed by atoms with Crippen molar-refractivity contribution in [3.05, 3.63) is 34.9 Å². The zero-order valence-electron chi connectivity index (χ0n) is 6.75. The number of halogens is 1. The summed E-state index contributed by atoms with van der Waals surface area (Å²) in [5.41, 5.74) is 2.20. The molecule has 13 heavy (non-hydrogen) atoms. The minimum absolute atomic E-state index is 0.0899. The van der Waals surface area contributed by atoms with E-state index in [9.17, 15) is 4.79 Å². The Hall–Kier alpha value is -1.14. The standard InChI is InChI=1S/C10H6BrNO/c11-9-4-8-6(5-12)2-1-3-7(8)10(9)13/h1-3,9H,4H2. The average molecular weight is 236 g/mol. The molecule has 0 spiro atoms. The first-order valence-electron chi connectivity index (χ1n) is 3.94. The molecule has 2 nitrogen and oxygen atoms in total. The van der Waals surface area contributed by atoms with Crippen LogP contribution in [0.25, 0.3) is 0 Å². The van der Waals surface area contributed by atoms with Crippen LogP contribution in [-0.2, 0) is 6.42 Å². The minimum atomic E-state index is -0.142. The highest BCUT2D eigenvalue weighted by molar-refractivity contribution is 9.10. The van der Waals surface area contributed by atoms with E-state index in [1.807, 2.05) is 0 Å². The van der Waals surface area contributed by atoms with Crippen LogP contribution in [0.1, 0.15) is 21.5 Å². The Morgan fingerprint density at radius 2 is 2.31 bits per heavy atom. The van der Waals surface area contributed by atoms with Crippen molar-refractivity contribution in [3.63, 3.8) is 0 Å². The maximum Gasteiger partial charge on any atom is 0.177 e. The molecular formula is C10H6BrNO. The summed E-state index contributed by atoms with van der Waals surface area (Å²) in [6.07, 6.45) is 0.637. The lowest BCUT2D eigenvalue weighted by molar-refractivity contribution is 0.100. The summed E-state index contributed by atoms with van der Waals surface area (Å²) in [5.74, 6) is 0.0899. The van der Waals surface area contributed by atoms with E-state index < -0.39 is 0 Å². The van der Waals surface area contributed by atoms with Gasteiger partial charge >= 0.3 is 0 Å². The summed E-state index contributed by atoms with van der Waals surface area (Å²) < 4.78 is 0. The smallest absolute Gasteiger partial charge is 0.177 e. The number of rotatable bonds is 0. The number of nitriles is 1. The third kappa shape index (κ3) is 1.18. The van der Waals surface area contributed by atoms with Crippen LogP contribution in [0.4, 0.5) is 0 Å². The zero-order chi connectivity index (χ0) is 9.42. The number of Topliss-reactive ketones (excluding diaryl/α,β-unsaturated/α-hetero) is 1. The van der Waals surface area contributed by atoms with Gasteiger partial charge in [-0.25, -0.2) is 0 Å². The molecule has 1 atom stereocenters. The Kier molecular flexibility index (Phi) is 1.93. The van der Waals surface area contributed by atoms with Gasteiger partial charge in [-0.3, -0.25) is 4.79 Å². The van der Waals surface area contributed by atoms with Crippen LogP contribution in [0.5, 0.6) is 0 Å². The molecule has 2 rings (SSSR count). The highest BCUT2D eigenvalue weighted by Crippen LogP contribution is 2.28. The van der Waals surface area contributed by atoms with Crippen LogP contribution in [0, 0.1) is 11.3 Å². The van der Waals surface area contributed by atoms with Crippen molar-refractivity contribution in [2.24, 2.45) is 0 Å². The first-order valence-corrected chi connectivity index (χ1v) is 4.86. The van der Waals surface area contributed by atoms with Gasteiger partial charge in [0.25, 0.3) is 0 Å². The molecule has 0 N–H and O–H groups in total. The molecule has 1 aliphatic rings. The van der Waals surface area contributed by atoms with Crippen molar-refractivity contribution in [1.82, 2.24) is 0 Å². The van der Waals surface area contributed by atoms with E-state index in [0.29, 0.717) is 17.5 Å². The van der Waals surface area contributed by atoms with Crippen molar-refractivity contribution in [3.8, 4) is 6.07 Å². The number of fused-ring (bicyclic) bond motifs is 1. The van der Waals surface area contributed by atoms with E-state index in [-0.39, 0.29) is 10.6 Å². The summed E-state index contributed by atoms with van der Waals surface area (Å²) in [5, 5.41) is 8.80. The second-order valence-corrected chi connectivity index (χ2v) is 4.08. The number of benzene rings is 1. The lowest BCUT2D eigenvalue weighted by Crippen LogP contribution is -2.05. The van der Waals surface area contributed by atoms with Gasteiger partial charge in [0.2, 0.25) is 0 Å². The van der Waals surface area contributed by atoms with E-state index in [1.54, 1.807) is 18.2 Å². The van der Waals surface area contributed by atoms with Crippen molar-refractivity contribution in [2.45, 2.75) is 11.2 Å². The Morgan fingerprint density at radius 3 is 3.00 bits per heavy atom. The first-order chi connectivity index (χ1) is 6.24. The van der Waals surface area contributed by atoms with Crippen molar-refractivity contribution >= 4 is 21.7 Å². The largest absolute Gasteiger partial charge is 0.293 e. The molecule has 3 heteroatoms.